The molecular formula is C6H14O3. The van der Waals surface area contributed by atoms with Crippen LogP contribution < -0.4 is 0 Å². The summed E-state index contributed by atoms with van der Waals surface area (Å²) >= 11 is 0. The lowest BCUT2D eigenvalue weighted by Crippen LogP contribution is -2.01. The van der Waals surface area contributed by atoms with Gasteiger partial charge in [0.25, 0.3) is 0 Å². The van der Waals surface area contributed by atoms with Crippen LogP contribution in [0.1, 0.15) is 27.2 Å². The highest BCUT2D eigenvalue weighted by molar-refractivity contribution is 5.68. The Morgan fingerprint density at radius 3 is 2.44 bits per heavy atom. The zero-order chi connectivity index (χ0) is 6.41. The molecule has 0 aliphatic rings. The Balaban J connectivity index is 0. The second-order valence-electron chi connectivity index (χ2n) is 1.37. The van der Waals surface area contributed by atoms with Crippen molar-refractivity contribution in [1.82, 2.24) is 0 Å². The monoisotopic (exact) mass is 134 g/mol. The molecule has 0 aromatic rings. The summed E-state index contributed by atoms with van der Waals surface area (Å²) in [6.45, 7) is 1.90. The van der Waals surface area contributed by atoms with Crippen LogP contribution in [0.25, 0.3) is 0 Å². The summed E-state index contributed by atoms with van der Waals surface area (Å²) in [6, 6.07) is 0. The molecular weight excluding hydrogens is 120 g/mol. The Hall–Kier alpha value is -0.570. The fraction of sp³-hybridized carbons (Fsp3) is 0.833. The van der Waals surface area contributed by atoms with Crippen molar-refractivity contribution in [3.8, 4) is 0 Å². The van der Waals surface area contributed by atoms with E-state index in [0.717, 1.165) is 6.42 Å². The molecule has 0 saturated carbocycles. The fourth-order valence-corrected chi connectivity index (χ4v) is 0.339. The maximum atomic E-state index is 10.3. The average molecular weight is 134 g/mol. The highest BCUT2D eigenvalue weighted by Gasteiger charge is 1.97. The van der Waals surface area contributed by atoms with Crippen molar-refractivity contribution < 1.29 is 14.6 Å². The molecule has 0 spiro atoms. The molecule has 0 aliphatic heterocycles. The van der Waals surface area contributed by atoms with Gasteiger partial charge in [0, 0.05) is 6.42 Å². The Labute approximate surface area is 55.9 Å². The third-order valence-corrected chi connectivity index (χ3v) is 0.630. The summed E-state index contributed by atoms with van der Waals surface area (Å²) in [7, 11) is 1.31. The molecule has 0 heterocycles. The Bertz CT molecular complexity index is 62.7. The predicted octanol–water partition coefficient (Wildman–Crippen LogP) is 1.53. The standard InChI is InChI=1S/C5H10O3.CH4/c1-3-4-5(6)8-7-2;/h3-4H2,1-2H3;1H4. The summed E-state index contributed by atoms with van der Waals surface area (Å²) in [5, 5.41) is 0. The second kappa shape index (κ2) is 7.43. The van der Waals surface area contributed by atoms with E-state index in [1.807, 2.05) is 6.92 Å². The van der Waals surface area contributed by atoms with E-state index in [-0.39, 0.29) is 13.4 Å². The third kappa shape index (κ3) is 7.43. The van der Waals surface area contributed by atoms with Crippen LogP contribution in [-0.4, -0.2) is 13.1 Å². The quantitative estimate of drug-likeness (QED) is 0.433. The van der Waals surface area contributed by atoms with Crippen molar-refractivity contribution in [3.05, 3.63) is 0 Å². The summed E-state index contributed by atoms with van der Waals surface area (Å²) in [4.78, 5) is 18.5. The first-order chi connectivity index (χ1) is 3.81. The minimum Gasteiger partial charge on any atom is -0.299 e. The van der Waals surface area contributed by atoms with Gasteiger partial charge in [0.05, 0.1) is 7.11 Å². The van der Waals surface area contributed by atoms with Crippen LogP contribution in [0.2, 0.25) is 0 Å². The topological polar surface area (TPSA) is 35.5 Å². The molecule has 3 nitrogen and oxygen atoms in total. The van der Waals surface area contributed by atoms with Crippen LogP contribution in [0.5, 0.6) is 0 Å². The van der Waals surface area contributed by atoms with E-state index in [1.165, 1.54) is 7.11 Å². The van der Waals surface area contributed by atoms with Crippen LogP contribution in [0.15, 0.2) is 0 Å². The van der Waals surface area contributed by atoms with E-state index in [4.69, 9.17) is 0 Å². The molecule has 0 rings (SSSR count). The van der Waals surface area contributed by atoms with E-state index in [2.05, 4.69) is 9.78 Å². The minimum absolute atomic E-state index is 0. The maximum absolute atomic E-state index is 10.3. The lowest BCUT2D eigenvalue weighted by molar-refractivity contribution is -0.254. The van der Waals surface area contributed by atoms with Gasteiger partial charge < -0.3 is 0 Å². The number of carbonyl (C=O) groups is 1. The highest BCUT2D eigenvalue weighted by atomic mass is 17.2. The SMILES string of the molecule is C.CCCC(=O)OOC. The first-order valence-electron chi connectivity index (χ1n) is 2.54. The molecule has 0 amide bonds. The maximum Gasteiger partial charge on any atom is 0.342 e. The van der Waals surface area contributed by atoms with Gasteiger partial charge in [0.15, 0.2) is 0 Å². The van der Waals surface area contributed by atoms with Gasteiger partial charge in [-0.05, 0) is 6.42 Å². The zero-order valence-electron chi connectivity index (χ0n) is 5.14. The number of rotatable bonds is 3. The fourth-order valence-electron chi connectivity index (χ4n) is 0.339. The van der Waals surface area contributed by atoms with Gasteiger partial charge in [-0.2, -0.15) is 4.89 Å². The summed E-state index contributed by atoms with van der Waals surface area (Å²) in [5.41, 5.74) is 0. The smallest absolute Gasteiger partial charge is 0.299 e. The molecule has 0 aromatic heterocycles. The molecule has 9 heavy (non-hydrogen) atoms. The molecule has 0 aromatic carbocycles. The number of carbonyl (C=O) groups excluding carboxylic acids is 1. The van der Waals surface area contributed by atoms with Crippen molar-refractivity contribution in [2.75, 3.05) is 7.11 Å². The Morgan fingerprint density at radius 1 is 1.56 bits per heavy atom. The van der Waals surface area contributed by atoms with Crippen LogP contribution >= 0.6 is 0 Å². The zero-order valence-corrected chi connectivity index (χ0v) is 5.14. The van der Waals surface area contributed by atoms with Gasteiger partial charge in [0.1, 0.15) is 0 Å². The average Bonchev–Trinajstić information content (AvgIpc) is 1.68. The molecule has 0 aliphatic carbocycles. The summed E-state index contributed by atoms with van der Waals surface area (Å²) in [6.07, 6.45) is 1.22. The number of hydrogen-bond donors (Lipinski definition) is 0. The highest BCUT2D eigenvalue weighted by Crippen LogP contribution is 1.89. The second-order valence-corrected chi connectivity index (χ2v) is 1.37. The lowest BCUT2D eigenvalue weighted by Gasteiger charge is -1.94. The Morgan fingerprint density at radius 2 is 2.11 bits per heavy atom. The van der Waals surface area contributed by atoms with Crippen LogP contribution in [0.4, 0.5) is 0 Å². The molecule has 0 radical (unpaired) electrons. The summed E-state index contributed by atoms with van der Waals surface area (Å²) in [5.74, 6) is -0.310. The summed E-state index contributed by atoms with van der Waals surface area (Å²) < 4.78 is 0. The van der Waals surface area contributed by atoms with Crippen molar-refractivity contribution >= 4 is 5.97 Å². The van der Waals surface area contributed by atoms with Crippen molar-refractivity contribution in [1.29, 1.82) is 0 Å². The van der Waals surface area contributed by atoms with Crippen LogP contribution in [0, 0.1) is 0 Å². The van der Waals surface area contributed by atoms with Gasteiger partial charge in [-0.25, -0.2) is 4.79 Å². The predicted molar refractivity (Wildman–Crippen MR) is 34.7 cm³/mol. The molecule has 0 saturated heterocycles. The van der Waals surface area contributed by atoms with Crippen LogP contribution in [0.3, 0.4) is 0 Å². The van der Waals surface area contributed by atoms with Crippen molar-refractivity contribution in [2.24, 2.45) is 0 Å². The lowest BCUT2D eigenvalue weighted by atomic mass is 10.3. The first kappa shape index (κ1) is 11.3. The molecule has 0 bridgehead atoms. The van der Waals surface area contributed by atoms with Gasteiger partial charge in [-0.15, -0.1) is 0 Å². The van der Waals surface area contributed by atoms with Gasteiger partial charge in [-0.3, -0.25) is 4.89 Å². The molecule has 0 atom stereocenters. The minimum atomic E-state index is -0.310. The molecule has 3 heteroatoms. The molecule has 56 valence electrons. The largest absolute Gasteiger partial charge is 0.342 e. The van der Waals surface area contributed by atoms with Crippen molar-refractivity contribution in [3.63, 3.8) is 0 Å². The number of hydrogen-bond acceptors (Lipinski definition) is 3. The van der Waals surface area contributed by atoms with E-state index >= 15 is 0 Å². The van der Waals surface area contributed by atoms with Crippen molar-refractivity contribution in [2.45, 2.75) is 27.2 Å². The van der Waals surface area contributed by atoms with E-state index in [9.17, 15) is 4.79 Å². The molecule has 0 fully saturated rings. The molecule has 0 N–H and O–H groups in total. The van der Waals surface area contributed by atoms with E-state index in [0.29, 0.717) is 6.42 Å². The normalized spacial score (nSPS) is 7.78. The Kier molecular flexibility index (Phi) is 9.29. The van der Waals surface area contributed by atoms with Gasteiger partial charge in [0.2, 0.25) is 0 Å². The van der Waals surface area contributed by atoms with E-state index in [1.54, 1.807) is 0 Å². The van der Waals surface area contributed by atoms with Gasteiger partial charge >= 0.3 is 5.97 Å². The van der Waals surface area contributed by atoms with Gasteiger partial charge in [-0.1, -0.05) is 14.4 Å². The first-order valence-corrected chi connectivity index (χ1v) is 2.54. The van der Waals surface area contributed by atoms with Crippen LogP contribution in [-0.2, 0) is 14.6 Å². The third-order valence-electron chi connectivity index (χ3n) is 0.630. The van der Waals surface area contributed by atoms with E-state index < -0.39 is 0 Å². The molecule has 0 unspecified atom stereocenters.